The van der Waals surface area contributed by atoms with E-state index in [0.29, 0.717) is 12.9 Å². The van der Waals surface area contributed by atoms with Crippen LogP contribution in [0.3, 0.4) is 0 Å². The van der Waals surface area contributed by atoms with Crippen LogP contribution in [0.5, 0.6) is 0 Å². The summed E-state index contributed by atoms with van der Waals surface area (Å²) in [4.78, 5) is 8.33. The molecule has 0 unspecified atom stereocenters. The van der Waals surface area contributed by atoms with Crippen LogP contribution in [-0.2, 0) is 12.9 Å². The predicted molar refractivity (Wildman–Crippen MR) is 22.9 cm³/mol. The number of hydrogen-bond donors (Lipinski definition) is 0. The fraction of sp³-hybridized carbons (Fsp3) is 0. The van der Waals surface area contributed by atoms with E-state index in [0.717, 1.165) is 0 Å². The van der Waals surface area contributed by atoms with Crippen molar-refractivity contribution < 1.29 is 69.9 Å². The standard InChI is InChI=1S/CH2O3.Ca.3ClH.Co.Na/c2-1(3)4;;;;;;/h(H2,2,3,4);;3*1H;;/q;+2;;;;+2;+1/p-5. The number of hydrogen-bond acceptors (Lipinski definition) is 3. The molecule has 0 radical (unpaired) electrons. The largest absolute Gasteiger partial charge is 1.00 e. The maximum Gasteiger partial charge on any atom is 1.00 e. The van der Waals surface area contributed by atoms with Gasteiger partial charge in [0.1, 0.15) is 0 Å². The van der Waals surface area contributed by atoms with Gasteiger partial charge in [-0.2, -0.15) is 0 Å². The molecule has 0 aliphatic heterocycles. The van der Waals surface area contributed by atoms with E-state index >= 15 is 0 Å². The van der Waals surface area contributed by atoms with Crippen molar-refractivity contribution in [3.63, 3.8) is 0 Å². The van der Waals surface area contributed by atoms with Gasteiger partial charge in [-0.1, -0.05) is 0 Å². The average Bonchev–Trinajstić information content (AvgIpc) is 1.33. The zero-order valence-corrected chi connectivity index (χ0v) is 12.4. The van der Waals surface area contributed by atoms with E-state index in [-0.39, 0.29) is 79.7 Å². The van der Waals surface area contributed by atoms with Crippen molar-refractivity contribution in [2.45, 2.75) is 0 Å². The van der Waals surface area contributed by atoms with Gasteiger partial charge in [-0.3, -0.25) is 0 Å². The van der Waals surface area contributed by atoms with Crippen molar-refractivity contribution in [3.8, 4) is 0 Å². The first kappa shape index (κ1) is 29.3. The molecule has 0 rings (SSSR count). The first-order chi connectivity index (χ1) is 3.15. The first-order valence-corrected chi connectivity index (χ1v) is 3.73. The third kappa shape index (κ3) is 127. The van der Waals surface area contributed by atoms with Gasteiger partial charge in [-0.05, 0) is 6.16 Å². The summed E-state index contributed by atoms with van der Waals surface area (Å²) in [5.74, 6) is 0. The van der Waals surface area contributed by atoms with Crippen molar-refractivity contribution in [1.82, 2.24) is 0 Å². The van der Waals surface area contributed by atoms with Crippen LogP contribution in [-0.4, -0.2) is 43.9 Å². The Kier molecular flexibility index (Phi) is 86.9. The molecule has 0 bridgehead atoms. The summed E-state index contributed by atoms with van der Waals surface area (Å²) in [6.07, 6.45) is -2.33. The van der Waals surface area contributed by atoms with E-state index in [4.69, 9.17) is 35.3 Å². The molecule has 3 nitrogen and oxygen atoms in total. The maximum atomic E-state index is 8.33. The minimum atomic E-state index is -2.33. The van der Waals surface area contributed by atoms with E-state index < -0.39 is 6.16 Å². The molecule has 0 aromatic heterocycles. The SMILES string of the molecule is O=C([O-])[O-].[Ca+2].[Cl-].[Cl][Co][Cl].[Na+]. The van der Waals surface area contributed by atoms with Crippen LogP contribution in [0.15, 0.2) is 0 Å². The van der Waals surface area contributed by atoms with Crippen LogP contribution < -0.4 is 52.2 Å². The van der Waals surface area contributed by atoms with E-state index in [9.17, 15) is 0 Å². The summed E-state index contributed by atoms with van der Waals surface area (Å²) >= 11 is 0.382. The number of carbonyl (C=O) groups is 1. The Morgan fingerprint density at radius 3 is 1.30 bits per heavy atom. The van der Waals surface area contributed by atoms with Gasteiger partial charge >= 0.3 is 100 Å². The summed E-state index contributed by atoms with van der Waals surface area (Å²) in [5.41, 5.74) is 0. The van der Waals surface area contributed by atoms with Crippen LogP contribution in [0.4, 0.5) is 4.79 Å². The summed E-state index contributed by atoms with van der Waals surface area (Å²) < 4.78 is 0. The molecule has 0 saturated carbocycles. The molecule has 0 spiro atoms. The molecular weight excluding hydrogens is 288 g/mol. The predicted octanol–water partition coefficient (Wildman–Crippen LogP) is -7.44. The number of carbonyl (C=O) groups excluding carboxylic acids is 1. The quantitative estimate of drug-likeness (QED) is 0.416. The third-order valence-corrected chi connectivity index (χ3v) is 0. The molecular formula is CCaCl3CoNaO3. The smallest absolute Gasteiger partial charge is 1.00 e. The molecule has 0 saturated heterocycles. The zero-order valence-electron chi connectivity index (χ0n) is 4.90. The van der Waals surface area contributed by atoms with Crippen LogP contribution in [0.2, 0.25) is 0 Å². The van der Waals surface area contributed by atoms with E-state index in [1.54, 1.807) is 0 Å². The number of carboxylic acid groups (broad SMARTS) is 2. The first-order valence-electron chi connectivity index (χ1n) is 0.864. The van der Waals surface area contributed by atoms with E-state index in [1.165, 1.54) is 0 Å². The monoisotopic (exact) mass is 287 g/mol. The Morgan fingerprint density at radius 2 is 1.30 bits per heavy atom. The summed E-state index contributed by atoms with van der Waals surface area (Å²) in [6.45, 7) is 0. The van der Waals surface area contributed by atoms with Gasteiger partial charge < -0.3 is 27.4 Å². The van der Waals surface area contributed by atoms with Crippen molar-refractivity contribution in [2.24, 2.45) is 0 Å². The number of rotatable bonds is 0. The summed E-state index contributed by atoms with van der Waals surface area (Å²) in [6, 6.07) is 0. The van der Waals surface area contributed by atoms with Gasteiger partial charge in [0.15, 0.2) is 0 Å². The van der Waals surface area contributed by atoms with E-state index in [1.807, 2.05) is 0 Å². The Bertz CT molecular complexity index is 55.0. The fourth-order valence-electron chi connectivity index (χ4n) is 0. The van der Waals surface area contributed by atoms with Crippen molar-refractivity contribution in [3.05, 3.63) is 0 Å². The minimum Gasteiger partial charge on any atom is 1.00 e. The molecule has 0 N–H and O–H groups in total. The Labute approximate surface area is 131 Å². The second-order valence-electron chi connectivity index (χ2n) is 0.298. The van der Waals surface area contributed by atoms with Crippen molar-refractivity contribution in [1.29, 1.82) is 0 Å². The van der Waals surface area contributed by atoms with Crippen molar-refractivity contribution >= 4 is 64.2 Å². The zero-order chi connectivity index (χ0) is 6.28. The van der Waals surface area contributed by atoms with Crippen molar-refractivity contribution in [2.75, 3.05) is 0 Å². The van der Waals surface area contributed by atoms with Gasteiger partial charge in [0, 0.05) is 0 Å². The molecule has 9 heteroatoms. The molecule has 0 aliphatic carbocycles. The van der Waals surface area contributed by atoms with Gasteiger partial charge in [0.2, 0.25) is 0 Å². The molecule has 0 fully saturated rings. The Morgan fingerprint density at radius 1 is 1.30 bits per heavy atom. The summed E-state index contributed by atoms with van der Waals surface area (Å²) in [5, 5.41) is 16.7. The van der Waals surface area contributed by atoms with Crippen LogP contribution in [0.25, 0.3) is 0 Å². The molecule has 0 atom stereocenters. The van der Waals surface area contributed by atoms with Gasteiger partial charge in [-0.25, -0.2) is 0 Å². The van der Waals surface area contributed by atoms with Gasteiger partial charge in [0.05, 0.1) is 0 Å². The third-order valence-electron chi connectivity index (χ3n) is 0. The Hall–Kier alpha value is 2.91. The molecule has 10 heavy (non-hydrogen) atoms. The van der Waals surface area contributed by atoms with Crippen LogP contribution in [0.1, 0.15) is 0 Å². The minimum absolute atomic E-state index is 0. The Balaban J connectivity index is -0.0000000131. The topological polar surface area (TPSA) is 63.2 Å². The van der Waals surface area contributed by atoms with Crippen LogP contribution in [0, 0.1) is 0 Å². The van der Waals surface area contributed by atoms with Gasteiger partial charge in [-0.15, -0.1) is 0 Å². The molecule has 0 aliphatic rings. The number of halogens is 3. The fourth-order valence-corrected chi connectivity index (χ4v) is 0. The molecule has 0 heterocycles. The maximum absolute atomic E-state index is 8.33. The second kappa shape index (κ2) is 29.7. The van der Waals surface area contributed by atoms with Gasteiger partial charge in [0.25, 0.3) is 0 Å². The second-order valence-corrected chi connectivity index (χ2v) is 2.02. The normalized spacial score (nSPS) is 4.60. The molecule has 0 aromatic rings. The van der Waals surface area contributed by atoms with Crippen LogP contribution >= 0.6 is 20.3 Å². The summed E-state index contributed by atoms with van der Waals surface area (Å²) in [7, 11) is 9.47. The average molecular weight is 288 g/mol. The molecule has 55 valence electrons. The molecule has 0 amide bonds. The van der Waals surface area contributed by atoms with E-state index in [2.05, 4.69) is 0 Å². The molecule has 0 aromatic carbocycles.